The number of hydrogen-bond acceptors (Lipinski definition) is 6. The largest absolute Gasteiger partial charge is 0.482 e. The number of para-hydroxylation sites is 2. The quantitative estimate of drug-likeness (QED) is 0.688. The highest BCUT2D eigenvalue weighted by Gasteiger charge is 2.26. The smallest absolute Gasteiger partial charge is 0.265 e. The first-order valence-electron chi connectivity index (χ1n) is 11.0. The van der Waals surface area contributed by atoms with Crippen LogP contribution < -0.4 is 19.9 Å². The minimum atomic E-state index is -0.280. The Morgan fingerprint density at radius 1 is 1.06 bits per heavy atom. The van der Waals surface area contributed by atoms with Crippen molar-refractivity contribution < 1.29 is 23.9 Å². The molecule has 1 fully saturated rings. The van der Waals surface area contributed by atoms with E-state index >= 15 is 0 Å². The van der Waals surface area contributed by atoms with E-state index in [2.05, 4.69) is 10.2 Å². The molecule has 3 amide bonds. The number of nitrogens with zero attached hydrogens (tertiary/aromatic N) is 3. The molecule has 1 N–H and O–H groups in total. The molecule has 0 spiro atoms. The van der Waals surface area contributed by atoms with Gasteiger partial charge in [0.1, 0.15) is 5.75 Å². The number of likely N-dealkylation sites (N-methyl/N-ethyl adjacent to an activating group) is 1. The molecule has 1 saturated heterocycles. The molecular formula is C24H28N4O5. The first-order valence-corrected chi connectivity index (χ1v) is 11.0. The van der Waals surface area contributed by atoms with Gasteiger partial charge in [-0.1, -0.05) is 12.1 Å². The molecule has 2 aliphatic rings. The Balaban J connectivity index is 1.26. The molecule has 0 aliphatic carbocycles. The lowest BCUT2D eigenvalue weighted by molar-refractivity contribution is -0.133. The zero-order chi connectivity index (χ0) is 23.2. The second-order valence-corrected chi connectivity index (χ2v) is 8.00. The Labute approximate surface area is 192 Å². The number of anilines is 3. The van der Waals surface area contributed by atoms with Crippen molar-refractivity contribution in [1.29, 1.82) is 0 Å². The molecule has 0 radical (unpaired) electrons. The van der Waals surface area contributed by atoms with Crippen LogP contribution in [0.4, 0.5) is 17.1 Å². The van der Waals surface area contributed by atoms with Crippen molar-refractivity contribution in [3.63, 3.8) is 0 Å². The average Bonchev–Trinajstić information content (AvgIpc) is 2.84. The van der Waals surface area contributed by atoms with Gasteiger partial charge in [0.05, 0.1) is 25.4 Å². The molecule has 2 aliphatic heterocycles. The summed E-state index contributed by atoms with van der Waals surface area (Å²) in [6.07, 6.45) is 0.109. The number of carbonyl (C=O) groups is 3. The van der Waals surface area contributed by atoms with Crippen LogP contribution in [0.3, 0.4) is 0 Å². The van der Waals surface area contributed by atoms with Crippen LogP contribution >= 0.6 is 0 Å². The van der Waals surface area contributed by atoms with Gasteiger partial charge in [0, 0.05) is 44.5 Å². The Morgan fingerprint density at radius 2 is 1.79 bits per heavy atom. The number of fused-ring (bicyclic) bond motifs is 1. The normalized spacial score (nSPS) is 15.5. The number of ether oxygens (including phenoxy) is 2. The van der Waals surface area contributed by atoms with Crippen LogP contribution in [0.15, 0.2) is 48.5 Å². The third-order valence-corrected chi connectivity index (χ3v) is 5.69. The van der Waals surface area contributed by atoms with Gasteiger partial charge in [-0.15, -0.1) is 0 Å². The van der Waals surface area contributed by atoms with Crippen molar-refractivity contribution in [2.75, 3.05) is 68.2 Å². The van der Waals surface area contributed by atoms with Crippen molar-refractivity contribution in [2.45, 2.75) is 6.42 Å². The molecule has 9 heteroatoms. The van der Waals surface area contributed by atoms with Gasteiger partial charge in [0.15, 0.2) is 6.61 Å². The Bertz CT molecular complexity index is 1000. The molecule has 2 heterocycles. The average molecular weight is 453 g/mol. The molecule has 4 rings (SSSR count). The van der Waals surface area contributed by atoms with Gasteiger partial charge < -0.3 is 29.5 Å². The third kappa shape index (κ3) is 5.61. The monoisotopic (exact) mass is 452 g/mol. The molecule has 2 aromatic carbocycles. The second kappa shape index (κ2) is 10.4. The Morgan fingerprint density at radius 3 is 2.55 bits per heavy atom. The zero-order valence-electron chi connectivity index (χ0n) is 18.7. The minimum Gasteiger partial charge on any atom is -0.482 e. The van der Waals surface area contributed by atoms with Crippen LogP contribution in [0.2, 0.25) is 0 Å². The SMILES string of the molecule is CN(CC(=O)Nc1ccc(N2CCOCC2)cc1)C(=O)CCN1C(=O)COc2ccccc21. The lowest BCUT2D eigenvalue weighted by atomic mass is 10.2. The Hall–Kier alpha value is -3.59. The number of carbonyl (C=O) groups excluding carboxylic acids is 3. The summed E-state index contributed by atoms with van der Waals surface area (Å²) in [5, 5.41) is 2.83. The van der Waals surface area contributed by atoms with E-state index in [1.54, 1.807) is 24.1 Å². The number of rotatable bonds is 7. The van der Waals surface area contributed by atoms with Crippen LogP contribution in [-0.2, 0) is 19.1 Å². The van der Waals surface area contributed by atoms with E-state index in [4.69, 9.17) is 9.47 Å². The molecule has 0 bridgehead atoms. The maximum Gasteiger partial charge on any atom is 0.265 e. The first-order chi connectivity index (χ1) is 16.0. The lowest BCUT2D eigenvalue weighted by Gasteiger charge is -2.29. The van der Waals surface area contributed by atoms with Crippen molar-refractivity contribution in [1.82, 2.24) is 4.90 Å². The summed E-state index contributed by atoms with van der Waals surface area (Å²) in [7, 11) is 1.58. The van der Waals surface area contributed by atoms with Gasteiger partial charge in [-0.2, -0.15) is 0 Å². The molecule has 0 atom stereocenters. The molecule has 0 saturated carbocycles. The number of amides is 3. The summed E-state index contributed by atoms with van der Waals surface area (Å²) in [6.45, 7) is 3.23. The van der Waals surface area contributed by atoms with Gasteiger partial charge in [-0.25, -0.2) is 0 Å². The van der Waals surface area contributed by atoms with E-state index in [-0.39, 0.29) is 43.8 Å². The van der Waals surface area contributed by atoms with Gasteiger partial charge >= 0.3 is 0 Å². The van der Waals surface area contributed by atoms with E-state index in [0.29, 0.717) is 30.3 Å². The molecule has 9 nitrogen and oxygen atoms in total. The number of benzene rings is 2. The van der Waals surface area contributed by atoms with Crippen LogP contribution in [-0.4, -0.2) is 75.7 Å². The van der Waals surface area contributed by atoms with E-state index < -0.39 is 0 Å². The van der Waals surface area contributed by atoms with Gasteiger partial charge in [0.25, 0.3) is 5.91 Å². The maximum absolute atomic E-state index is 12.6. The van der Waals surface area contributed by atoms with Crippen LogP contribution in [0.25, 0.3) is 0 Å². The first kappa shape index (κ1) is 22.6. The fraction of sp³-hybridized carbons (Fsp3) is 0.375. The summed E-state index contributed by atoms with van der Waals surface area (Å²) < 4.78 is 10.8. The molecule has 33 heavy (non-hydrogen) atoms. The maximum atomic E-state index is 12.6. The van der Waals surface area contributed by atoms with Crippen molar-refractivity contribution >= 4 is 34.8 Å². The fourth-order valence-electron chi connectivity index (χ4n) is 3.88. The zero-order valence-corrected chi connectivity index (χ0v) is 18.7. The number of hydrogen-bond donors (Lipinski definition) is 1. The summed E-state index contributed by atoms with van der Waals surface area (Å²) in [6, 6.07) is 14.9. The predicted molar refractivity (Wildman–Crippen MR) is 125 cm³/mol. The van der Waals surface area contributed by atoms with E-state index in [9.17, 15) is 14.4 Å². The molecule has 174 valence electrons. The second-order valence-electron chi connectivity index (χ2n) is 8.00. The topological polar surface area (TPSA) is 91.4 Å². The number of morpholine rings is 1. The van der Waals surface area contributed by atoms with Gasteiger partial charge in [-0.3, -0.25) is 14.4 Å². The molecule has 0 aromatic heterocycles. The lowest BCUT2D eigenvalue weighted by Crippen LogP contribution is -2.42. The predicted octanol–water partition coefficient (Wildman–Crippen LogP) is 1.74. The minimum absolute atomic E-state index is 0.0478. The van der Waals surface area contributed by atoms with Crippen molar-refractivity contribution in [2.24, 2.45) is 0 Å². The van der Waals surface area contributed by atoms with Crippen molar-refractivity contribution in [3.05, 3.63) is 48.5 Å². The summed E-state index contributed by atoms with van der Waals surface area (Å²) in [4.78, 5) is 42.4. The summed E-state index contributed by atoms with van der Waals surface area (Å²) >= 11 is 0. The fourth-order valence-corrected chi connectivity index (χ4v) is 3.88. The van der Waals surface area contributed by atoms with Crippen LogP contribution in [0, 0.1) is 0 Å². The van der Waals surface area contributed by atoms with Gasteiger partial charge in [-0.05, 0) is 36.4 Å². The molecular weight excluding hydrogens is 424 g/mol. The Kier molecular flexibility index (Phi) is 7.09. The van der Waals surface area contributed by atoms with Crippen molar-refractivity contribution in [3.8, 4) is 5.75 Å². The summed E-state index contributed by atoms with van der Waals surface area (Å²) in [5.41, 5.74) is 2.42. The standard InChI is InChI=1S/C24H28N4O5/c1-26(23(30)10-11-28-20-4-2-3-5-21(20)33-17-24(28)31)16-22(29)25-18-6-8-19(9-7-18)27-12-14-32-15-13-27/h2-9H,10-17H2,1H3,(H,25,29). The molecule has 2 aromatic rings. The van der Waals surface area contributed by atoms with E-state index in [0.717, 1.165) is 18.8 Å². The highest BCUT2D eigenvalue weighted by Crippen LogP contribution is 2.31. The molecule has 0 unspecified atom stereocenters. The van der Waals surface area contributed by atoms with Gasteiger partial charge in [0.2, 0.25) is 11.8 Å². The van der Waals surface area contributed by atoms with E-state index in [1.807, 2.05) is 36.4 Å². The highest BCUT2D eigenvalue weighted by molar-refractivity contribution is 5.98. The summed E-state index contributed by atoms with van der Waals surface area (Å²) in [5.74, 6) is -0.0679. The highest BCUT2D eigenvalue weighted by atomic mass is 16.5. The van der Waals surface area contributed by atoms with Crippen LogP contribution in [0.1, 0.15) is 6.42 Å². The van der Waals surface area contributed by atoms with E-state index in [1.165, 1.54) is 4.90 Å². The van der Waals surface area contributed by atoms with Crippen LogP contribution in [0.5, 0.6) is 5.75 Å². The third-order valence-electron chi connectivity index (χ3n) is 5.69. The number of nitrogens with one attached hydrogen (secondary N) is 1.